The van der Waals surface area contributed by atoms with E-state index in [1.807, 2.05) is 6.08 Å². The molecule has 0 aromatic heterocycles. The second-order valence-electron chi connectivity index (χ2n) is 11.2. The van der Waals surface area contributed by atoms with Gasteiger partial charge in [0.2, 0.25) is 0 Å². The Bertz CT molecular complexity index is 864. The Kier molecular flexibility index (Phi) is 23.3. The van der Waals surface area contributed by atoms with Crippen LogP contribution in [0.4, 0.5) is 0 Å². The smallest absolute Gasteiger partial charge is 0.462 e. The van der Waals surface area contributed by atoms with Gasteiger partial charge in [-0.05, 0) is 51.4 Å². The van der Waals surface area contributed by atoms with Gasteiger partial charge in [0.15, 0.2) is 6.10 Å². The van der Waals surface area contributed by atoms with Gasteiger partial charge in [0.25, 0.3) is 0 Å². The third-order valence-electron chi connectivity index (χ3n) is 7.06. The Morgan fingerprint density at radius 1 is 0.721 bits per heavy atom. The van der Waals surface area contributed by atoms with Gasteiger partial charge in [-0.2, -0.15) is 0 Å². The Labute approximate surface area is 259 Å². The van der Waals surface area contributed by atoms with E-state index in [1.54, 1.807) is 0 Å². The number of carbonyl (C=O) groups excluding carboxylic acids is 2. The minimum Gasteiger partial charge on any atom is -0.462 e. The van der Waals surface area contributed by atoms with Crippen LogP contribution in [0.2, 0.25) is 0 Å². The van der Waals surface area contributed by atoms with Crippen LogP contribution in [0.1, 0.15) is 129 Å². The van der Waals surface area contributed by atoms with Gasteiger partial charge in [0.1, 0.15) is 6.61 Å². The highest BCUT2D eigenvalue weighted by atomic mass is 31.2. The van der Waals surface area contributed by atoms with E-state index >= 15 is 0 Å². The maximum absolute atomic E-state index is 12.3. The number of carbonyl (C=O) groups is 2. The van der Waals surface area contributed by atoms with E-state index in [0.717, 1.165) is 44.9 Å². The summed E-state index contributed by atoms with van der Waals surface area (Å²) in [5, 5.41) is 0. The topological polar surface area (TPSA) is 132 Å². The fourth-order valence-electron chi connectivity index (χ4n) is 4.46. The Balaban J connectivity index is 2.19. The van der Waals surface area contributed by atoms with Crippen molar-refractivity contribution in [2.75, 3.05) is 13.2 Å². The molecule has 1 rings (SSSR count). The van der Waals surface area contributed by atoms with Crippen LogP contribution in [-0.2, 0) is 32.9 Å². The summed E-state index contributed by atoms with van der Waals surface area (Å²) in [5.74, 6) is -0.969. The molecule has 9 nitrogen and oxygen atoms in total. The van der Waals surface area contributed by atoms with Crippen LogP contribution in [0, 0.1) is 0 Å². The summed E-state index contributed by atoms with van der Waals surface area (Å²) in [6, 6.07) is 0. The summed E-state index contributed by atoms with van der Waals surface area (Å²) in [6.45, 7) is 3.51. The first-order valence-corrected chi connectivity index (χ1v) is 17.9. The first-order chi connectivity index (χ1) is 20.7. The lowest BCUT2D eigenvalue weighted by Crippen LogP contribution is -2.29. The predicted molar refractivity (Wildman–Crippen MR) is 169 cm³/mol. The summed E-state index contributed by atoms with van der Waals surface area (Å²) >= 11 is 0. The molecule has 0 amide bonds. The number of esters is 2. The van der Waals surface area contributed by atoms with Crippen molar-refractivity contribution in [3.63, 3.8) is 0 Å². The van der Waals surface area contributed by atoms with Crippen molar-refractivity contribution in [3.05, 3.63) is 36.5 Å². The van der Waals surface area contributed by atoms with Crippen molar-refractivity contribution in [3.8, 4) is 0 Å². The number of rotatable bonds is 28. The van der Waals surface area contributed by atoms with Gasteiger partial charge >= 0.3 is 19.8 Å². The van der Waals surface area contributed by atoms with Gasteiger partial charge in [-0.15, -0.1) is 0 Å². The second kappa shape index (κ2) is 25.5. The molecule has 0 aromatic carbocycles. The molecule has 248 valence electrons. The molecule has 10 heteroatoms. The van der Waals surface area contributed by atoms with E-state index in [4.69, 9.17) is 24.0 Å². The average molecular weight is 629 g/mol. The molecule has 0 radical (unpaired) electrons. The minimum absolute atomic E-state index is 0.128. The summed E-state index contributed by atoms with van der Waals surface area (Å²) in [4.78, 5) is 42.4. The third kappa shape index (κ3) is 25.3. The summed E-state index contributed by atoms with van der Waals surface area (Å²) in [5.41, 5.74) is 0. The van der Waals surface area contributed by atoms with Crippen molar-refractivity contribution in [1.29, 1.82) is 0 Å². The lowest BCUT2D eigenvalue weighted by molar-refractivity contribution is -0.161. The first kappa shape index (κ1) is 39.3. The van der Waals surface area contributed by atoms with E-state index in [-0.39, 0.29) is 31.7 Å². The third-order valence-corrected chi connectivity index (χ3v) is 7.55. The normalized spacial score (nSPS) is 17.7. The molecule has 1 saturated heterocycles. The van der Waals surface area contributed by atoms with E-state index in [9.17, 15) is 14.2 Å². The molecule has 0 saturated carbocycles. The Hall–Kier alpha value is -1.77. The van der Waals surface area contributed by atoms with Crippen LogP contribution in [0.3, 0.4) is 0 Å². The standard InChI is InChI=1S/C33H57O9P/c1-3-5-7-9-11-12-14-15-19-23-30-31(42-30)24-20-17-18-22-26-33(35)41-29(28-40-43(36,37)38)27-39-32(34)25-21-16-13-10-8-6-4-2/h11-12,15,17,19-20,29-31H,3-10,13-14,16,18,21-28H2,1-2H3,(H2,36,37,38)/b12-11-,19-15-,20-17-/t29-,30?,31?/m1/s1. The zero-order valence-electron chi connectivity index (χ0n) is 26.5. The fraction of sp³-hybridized carbons (Fsp3) is 0.758. The Morgan fingerprint density at radius 2 is 1.28 bits per heavy atom. The highest BCUT2D eigenvalue weighted by Crippen LogP contribution is 2.36. The van der Waals surface area contributed by atoms with E-state index < -0.39 is 32.5 Å². The van der Waals surface area contributed by atoms with Crippen LogP contribution < -0.4 is 0 Å². The number of phosphoric acid groups is 1. The fourth-order valence-corrected chi connectivity index (χ4v) is 4.82. The lowest BCUT2D eigenvalue weighted by Gasteiger charge is -2.18. The van der Waals surface area contributed by atoms with Crippen LogP contribution in [0.25, 0.3) is 0 Å². The number of hydrogen-bond donors (Lipinski definition) is 2. The number of ether oxygens (including phenoxy) is 3. The van der Waals surface area contributed by atoms with E-state index in [0.29, 0.717) is 19.3 Å². The molecule has 43 heavy (non-hydrogen) atoms. The molecule has 0 bridgehead atoms. The van der Waals surface area contributed by atoms with Gasteiger partial charge in [-0.25, -0.2) is 4.57 Å². The van der Waals surface area contributed by atoms with Crippen LogP contribution in [-0.4, -0.2) is 53.3 Å². The maximum Gasteiger partial charge on any atom is 0.469 e. The Morgan fingerprint density at radius 3 is 1.98 bits per heavy atom. The monoisotopic (exact) mass is 628 g/mol. The molecule has 0 spiro atoms. The molecule has 1 fully saturated rings. The van der Waals surface area contributed by atoms with E-state index in [2.05, 4.69) is 48.8 Å². The highest BCUT2D eigenvalue weighted by Gasteiger charge is 2.36. The van der Waals surface area contributed by atoms with Gasteiger partial charge in [-0.3, -0.25) is 14.1 Å². The average Bonchev–Trinajstić information content (AvgIpc) is 3.72. The molecule has 0 aromatic rings. The van der Waals surface area contributed by atoms with Gasteiger partial charge in [0, 0.05) is 12.8 Å². The van der Waals surface area contributed by atoms with Crippen molar-refractivity contribution >= 4 is 19.8 Å². The zero-order chi connectivity index (χ0) is 31.6. The van der Waals surface area contributed by atoms with Gasteiger partial charge < -0.3 is 24.0 Å². The molecule has 0 aliphatic carbocycles. The zero-order valence-corrected chi connectivity index (χ0v) is 27.4. The van der Waals surface area contributed by atoms with Crippen molar-refractivity contribution in [2.45, 2.75) is 148 Å². The van der Waals surface area contributed by atoms with Crippen LogP contribution in [0.5, 0.6) is 0 Å². The van der Waals surface area contributed by atoms with Crippen molar-refractivity contribution in [2.24, 2.45) is 0 Å². The van der Waals surface area contributed by atoms with E-state index in [1.165, 1.54) is 38.5 Å². The number of allylic oxidation sites excluding steroid dienone is 4. The molecule has 3 atom stereocenters. The second-order valence-corrected chi connectivity index (χ2v) is 12.4. The number of unbranched alkanes of at least 4 members (excludes halogenated alkanes) is 10. The number of hydrogen-bond acceptors (Lipinski definition) is 7. The molecular formula is C33H57O9P. The number of epoxide rings is 1. The molecule has 2 unspecified atom stereocenters. The van der Waals surface area contributed by atoms with Crippen molar-refractivity contribution in [1.82, 2.24) is 0 Å². The lowest BCUT2D eigenvalue weighted by atomic mass is 10.1. The molecule has 1 aliphatic rings. The molecule has 1 heterocycles. The van der Waals surface area contributed by atoms with Crippen molar-refractivity contribution < 1.29 is 42.7 Å². The predicted octanol–water partition coefficient (Wildman–Crippen LogP) is 8.05. The minimum atomic E-state index is -4.76. The van der Waals surface area contributed by atoms with Crippen LogP contribution in [0.15, 0.2) is 36.5 Å². The van der Waals surface area contributed by atoms with Gasteiger partial charge in [-0.1, -0.05) is 102 Å². The highest BCUT2D eigenvalue weighted by molar-refractivity contribution is 7.46. The summed E-state index contributed by atoms with van der Waals surface area (Å²) in [6.07, 6.45) is 29.2. The van der Waals surface area contributed by atoms with Gasteiger partial charge in [0.05, 0.1) is 18.8 Å². The molecule has 1 aliphatic heterocycles. The van der Waals surface area contributed by atoms with Crippen LogP contribution >= 0.6 is 7.82 Å². The molecular weight excluding hydrogens is 571 g/mol. The summed E-state index contributed by atoms with van der Waals surface area (Å²) in [7, 11) is -4.76. The largest absolute Gasteiger partial charge is 0.469 e. The maximum atomic E-state index is 12.3. The quantitative estimate of drug-likeness (QED) is 0.0290. The molecule has 2 N–H and O–H groups in total. The number of phosphoric ester groups is 1. The first-order valence-electron chi connectivity index (χ1n) is 16.4. The SMILES string of the molecule is CCCCC/C=C\C/C=C\CC1OC1C/C=C\CCCC(=O)O[C@H](COC(=O)CCCCCCCCC)COP(=O)(O)O. The summed E-state index contributed by atoms with van der Waals surface area (Å²) < 4.78 is 31.8.